The van der Waals surface area contributed by atoms with Crippen molar-refractivity contribution in [1.82, 2.24) is 5.32 Å². The third kappa shape index (κ3) is 7.28. The van der Waals surface area contributed by atoms with E-state index in [1.807, 2.05) is 0 Å². The van der Waals surface area contributed by atoms with Crippen molar-refractivity contribution in [2.24, 2.45) is 5.92 Å². The third-order valence-electron chi connectivity index (χ3n) is 2.26. The Balaban J connectivity index is 0. The van der Waals surface area contributed by atoms with Crippen LogP contribution in [0.4, 0.5) is 0 Å². The fourth-order valence-corrected chi connectivity index (χ4v) is 1.30. The van der Waals surface area contributed by atoms with Gasteiger partial charge in [0, 0.05) is 7.85 Å². The van der Waals surface area contributed by atoms with Crippen LogP contribution in [-0.4, -0.2) is 50.2 Å². The molecule has 0 heterocycles. The number of hydrogen-bond acceptors (Lipinski definition) is 7. The molecule has 0 spiro atoms. The summed E-state index contributed by atoms with van der Waals surface area (Å²) in [5, 5.41) is 2.32. The Labute approximate surface area is 124 Å². The standard InChI is InChI=1S/C13H21NO7.H2/c1-4-9(15)21-8-7-14-11(16)10(12(17)19-5-2)13(18)20-6-3;/h10H,4-8H2,1-3H3,(H,14,16);1H. The van der Waals surface area contributed by atoms with Crippen LogP contribution in [0.25, 0.3) is 0 Å². The van der Waals surface area contributed by atoms with Crippen molar-refractivity contribution in [2.45, 2.75) is 27.2 Å². The molecule has 0 fully saturated rings. The van der Waals surface area contributed by atoms with Crippen molar-refractivity contribution >= 4 is 23.8 Å². The van der Waals surface area contributed by atoms with Gasteiger partial charge in [-0.05, 0) is 13.8 Å². The lowest BCUT2D eigenvalue weighted by Crippen LogP contribution is -2.43. The molecule has 0 aliphatic rings. The number of carbonyl (C=O) groups is 4. The summed E-state index contributed by atoms with van der Waals surface area (Å²) in [6, 6.07) is 0. The number of rotatable bonds is 9. The lowest BCUT2D eigenvalue weighted by molar-refractivity contribution is -0.164. The van der Waals surface area contributed by atoms with Gasteiger partial charge in [0.25, 0.3) is 0 Å². The second-order valence-corrected chi connectivity index (χ2v) is 3.80. The summed E-state index contributed by atoms with van der Waals surface area (Å²) >= 11 is 0. The molecule has 0 bridgehead atoms. The SMILES string of the molecule is CCOC(=O)C(C(=O)NCCOC(=O)CC)C(=O)OCC.[HH]. The highest BCUT2D eigenvalue weighted by atomic mass is 16.6. The molecule has 0 aliphatic carbocycles. The topological polar surface area (TPSA) is 108 Å². The molecule has 0 atom stereocenters. The fourth-order valence-electron chi connectivity index (χ4n) is 1.30. The molecule has 0 aromatic heterocycles. The second kappa shape index (κ2) is 10.6. The minimum atomic E-state index is -1.67. The molecule has 0 saturated heterocycles. The number of amides is 1. The zero-order valence-electron chi connectivity index (χ0n) is 12.5. The first-order valence-electron chi connectivity index (χ1n) is 6.74. The Morgan fingerprint density at radius 3 is 1.90 bits per heavy atom. The molecular formula is C13H23NO7. The van der Waals surface area contributed by atoms with Crippen LogP contribution in [0.3, 0.4) is 0 Å². The van der Waals surface area contributed by atoms with E-state index < -0.39 is 29.7 Å². The quantitative estimate of drug-likeness (QED) is 0.277. The van der Waals surface area contributed by atoms with E-state index >= 15 is 0 Å². The maximum Gasteiger partial charge on any atom is 0.330 e. The maximum absolute atomic E-state index is 11.8. The predicted octanol–water partition coefficient (Wildman–Crippen LogP) is 0.0442. The van der Waals surface area contributed by atoms with Crippen molar-refractivity contribution in [3.8, 4) is 0 Å². The second-order valence-electron chi connectivity index (χ2n) is 3.80. The van der Waals surface area contributed by atoms with Crippen LogP contribution in [0.15, 0.2) is 0 Å². The van der Waals surface area contributed by atoms with Gasteiger partial charge < -0.3 is 19.5 Å². The van der Waals surface area contributed by atoms with Crippen molar-refractivity contribution in [3.63, 3.8) is 0 Å². The first-order valence-corrected chi connectivity index (χ1v) is 6.74. The van der Waals surface area contributed by atoms with Gasteiger partial charge in [0.2, 0.25) is 11.8 Å². The lowest BCUT2D eigenvalue weighted by Gasteiger charge is -2.14. The molecular weight excluding hydrogens is 282 g/mol. The highest BCUT2D eigenvalue weighted by molar-refractivity contribution is 6.14. The van der Waals surface area contributed by atoms with E-state index in [1.54, 1.807) is 20.8 Å². The third-order valence-corrected chi connectivity index (χ3v) is 2.26. The molecule has 0 aromatic carbocycles. The highest BCUT2D eigenvalue weighted by Crippen LogP contribution is 2.04. The molecule has 0 radical (unpaired) electrons. The molecule has 0 unspecified atom stereocenters. The molecule has 0 rings (SSSR count). The Kier molecular flexibility index (Phi) is 9.57. The van der Waals surface area contributed by atoms with Crippen molar-refractivity contribution in [3.05, 3.63) is 0 Å². The van der Waals surface area contributed by atoms with Crippen molar-refractivity contribution in [1.29, 1.82) is 0 Å². The molecule has 122 valence electrons. The van der Waals surface area contributed by atoms with E-state index in [4.69, 9.17) is 4.74 Å². The van der Waals surface area contributed by atoms with Gasteiger partial charge in [-0.15, -0.1) is 0 Å². The van der Waals surface area contributed by atoms with Crippen molar-refractivity contribution in [2.75, 3.05) is 26.4 Å². The van der Waals surface area contributed by atoms with Crippen LogP contribution in [0.2, 0.25) is 0 Å². The molecule has 8 heteroatoms. The summed E-state index contributed by atoms with van der Waals surface area (Å²) in [7, 11) is 0. The number of nitrogens with one attached hydrogen (secondary N) is 1. The van der Waals surface area contributed by atoms with Gasteiger partial charge >= 0.3 is 17.9 Å². The largest absolute Gasteiger partial charge is 0.465 e. The molecule has 0 saturated carbocycles. The van der Waals surface area contributed by atoms with Crippen molar-refractivity contribution < 1.29 is 34.8 Å². The number of esters is 3. The van der Waals surface area contributed by atoms with Gasteiger partial charge in [0.05, 0.1) is 19.8 Å². The summed E-state index contributed by atoms with van der Waals surface area (Å²) in [5.74, 6) is -4.87. The van der Waals surface area contributed by atoms with Crippen LogP contribution in [-0.2, 0) is 33.4 Å². The number of hydrogen-bond donors (Lipinski definition) is 1. The van der Waals surface area contributed by atoms with Gasteiger partial charge in [-0.25, -0.2) is 0 Å². The molecule has 0 aliphatic heterocycles. The monoisotopic (exact) mass is 305 g/mol. The molecule has 21 heavy (non-hydrogen) atoms. The predicted molar refractivity (Wildman–Crippen MR) is 73.1 cm³/mol. The minimum absolute atomic E-state index is 0. The summed E-state index contributed by atoms with van der Waals surface area (Å²) in [6.45, 7) is 4.77. The Bertz CT molecular complexity index is 369. The van der Waals surface area contributed by atoms with Gasteiger partial charge in [-0.3, -0.25) is 19.2 Å². The maximum atomic E-state index is 11.8. The average molecular weight is 305 g/mol. The van der Waals surface area contributed by atoms with Gasteiger partial charge in [-0.2, -0.15) is 0 Å². The first kappa shape index (κ1) is 18.9. The molecule has 0 aromatic rings. The normalized spacial score (nSPS) is 9.90. The highest BCUT2D eigenvalue weighted by Gasteiger charge is 2.36. The fraction of sp³-hybridized carbons (Fsp3) is 0.692. The van der Waals surface area contributed by atoms with Gasteiger partial charge in [0.15, 0.2) is 0 Å². The van der Waals surface area contributed by atoms with E-state index in [-0.39, 0.29) is 34.2 Å². The van der Waals surface area contributed by atoms with Crippen LogP contribution < -0.4 is 5.32 Å². The smallest absolute Gasteiger partial charge is 0.330 e. The van der Waals surface area contributed by atoms with Crippen LogP contribution in [0.5, 0.6) is 0 Å². The van der Waals surface area contributed by atoms with Crippen LogP contribution in [0.1, 0.15) is 28.6 Å². The zero-order valence-corrected chi connectivity index (χ0v) is 12.5. The summed E-state index contributed by atoms with van der Waals surface area (Å²) in [4.78, 5) is 46.0. The Morgan fingerprint density at radius 2 is 1.48 bits per heavy atom. The van der Waals surface area contributed by atoms with E-state index in [0.717, 1.165) is 0 Å². The molecule has 8 nitrogen and oxygen atoms in total. The van der Waals surface area contributed by atoms with Crippen LogP contribution >= 0.6 is 0 Å². The Hall–Kier alpha value is -2.12. The molecule has 1 amide bonds. The summed E-state index contributed by atoms with van der Waals surface area (Å²) in [5.41, 5.74) is 0. The van der Waals surface area contributed by atoms with Gasteiger partial charge in [0.1, 0.15) is 6.61 Å². The van der Waals surface area contributed by atoms with E-state index in [9.17, 15) is 19.2 Å². The van der Waals surface area contributed by atoms with E-state index in [2.05, 4.69) is 14.8 Å². The average Bonchev–Trinajstić information content (AvgIpc) is 2.44. The first-order chi connectivity index (χ1) is 9.97. The van der Waals surface area contributed by atoms with Crippen LogP contribution in [0, 0.1) is 5.92 Å². The van der Waals surface area contributed by atoms with E-state index in [1.165, 1.54) is 0 Å². The van der Waals surface area contributed by atoms with E-state index in [0.29, 0.717) is 0 Å². The minimum Gasteiger partial charge on any atom is -0.465 e. The summed E-state index contributed by atoms with van der Waals surface area (Å²) in [6.07, 6.45) is 0.224. The number of ether oxygens (including phenoxy) is 3. The Morgan fingerprint density at radius 1 is 0.952 bits per heavy atom. The summed E-state index contributed by atoms with van der Waals surface area (Å²) < 4.78 is 14.1. The number of carbonyl (C=O) groups excluding carboxylic acids is 4. The lowest BCUT2D eigenvalue weighted by atomic mass is 10.1. The molecule has 1 N–H and O–H groups in total. The zero-order chi connectivity index (χ0) is 16.3. The van der Waals surface area contributed by atoms with Gasteiger partial charge in [-0.1, -0.05) is 6.92 Å².